The number of nitro benzene ring substituents is 1. The Morgan fingerprint density at radius 2 is 1.56 bits per heavy atom. The van der Waals surface area contributed by atoms with Crippen molar-refractivity contribution >= 4 is 23.4 Å². The smallest absolute Gasteiger partial charge is 0.269 e. The number of nitro groups is 1. The first kappa shape index (κ1) is 21.5. The molecule has 0 radical (unpaired) electrons. The van der Waals surface area contributed by atoms with Gasteiger partial charge in [0.05, 0.1) is 4.92 Å². The quantitative estimate of drug-likeness (QED) is 0.286. The lowest BCUT2D eigenvalue weighted by molar-refractivity contribution is -0.384. The monoisotopic (exact) mass is 426 g/mol. The highest BCUT2D eigenvalue weighted by Crippen LogP contribution is 2.50. The summed E-state index contributed by atoms with van der Waals surface area (Å²) in [7, 11) is 0. The highest BCUT2D eigenvalue weighted by Gasteiger charge is 2.47. The number of hydrogen-bond donors (Lipinski definition) is 0. The van der Waals surface area contributed by atoms with E-state index in [1.54, 1.807) is 24.3 Å². The lowest BCUT2D eigenvalue weighted by atomic mass is 9.65. The van der Waals surface area contributed by atoms with Gasteiger partial charge in [-0.2, -0.15) is 0 Å². The van der Waals surface area contributed by atoms with Crippen molar-refractivity contribution in [1.82, 2.24) is 0 Å². The van der Waals surface area contributed by atoms with Crippen molar-refractivity contribution < 1.29 is 9.72 Å². The van der Waals surface area contributed by atoms with Gasteiger partial charge in [0, 0.05) is 34.9 Å². The summed E-state index contributed by atoms with van der Waals surface area (Å²) in [6.07, 6.45) is 4.03. The molecule has 3 aromatic rings. The summed E-state index contributed by atoms with van der Waals surface area (Å²) in [4.78, 5) is 25.7. The molecular formula is C27H26N2O3. The maximum Gasteiger partial charge on any atom is 0.269 e. The van der Waals surface area contributed by atoms with Crippen molar-refractivity contribution in [2.75, 3.05) is 4.90 Å². The van der Waals surface area contributed by atoms with Gasteiger partial charge in [0.15, 0.2) is 0 Å². The number of carbonyl (C=O) groups excluding carboxylic acids is 1. The first-order valence-corrected chi connectivity index (χ1v) is 10.6. The second-order valence-electron chi connectivity index (χ2n) is 9.06. The Bertz CT molecular complexity index is 1180. The van der Waals surface area contributed by atoms with Gasteiger partial charge < -0.3 is 4.90 Å². The fourth-order valence-electron chi connectivity index (χ4n) is 4.93. The summed E-state index contributed by atoms with van der Waals surface area (Å²) >= 11 is 0. The van der Waals surface area contributed by atoms with E-state index in [9.17, 15) is 14.9 Å². The van der Waals surface area contributed by atoms with E-state index in [1.165, 1.54) is 17.7 Å². The highest BCUT2D eigenvalue weighted by molar-refractivity contribution is 6.06. The second-order valence-corrected chi connectivity index (χ2v) is 9.06. The zero-order chi connectivity index (χ0) is 22.9. The maximum atomic E-state index is 13.4. The van der Waals surface area contributed by atoms with Crippen LogP contribution in [0.4, 0.5) is 11.4 Å². The van der Waals surface area contributed by atoms with E-state index in [1.807, 2.05) is 29.2 Å². The van der Waals surface area contributed by atoms with E-state index in [0.717, 1.165) is 23.2 Å². The molecule has 0 fully saturated rings. The zero-order valence-corrected chi connectivity index (χ0v) is 18.5. The molecule has 0 spiro atoms. The summed E-state index contributed by atoms with van der Waals surface area (Å²) in [5.41, 5.74) is 3.39. The number of carbonyl (C=O) groups is 1. The van der Waals surface area contributed by atoms with Gasteiger partial charge in [0.1, 0.15) is 0 Å². The molecule has 1 aliphatic heterocycles. The largest absolute Gasteiger partial charge is 0.303 e. The van der Waals surface area contributed by atoms with Crippen LogP contribution < -0.4 is 4.90 Å². The molecule has 0 aliphatic carbocycles. The van der Waals surface area contributed by atoms with Crippen molar-refractivity contribution in [3.63, 3.8) is 0 Å². The van der Waals surface area contributed by atoms with Gasteiger partial charge in [-0.1, -0.05) is 55.5 Å². The lowest BCUT2D eigenvalue weighted by Crippen LogP contribution is -2.55. The summed E-state index contributed by atoms with van der Waals surface area (Å²) in [5, 5.41) is 10.9. The Labute approximate surface area is 188 Å². The van der Waals surface area contributed by atoms with Crippen LogP contribution in [0.3, 0.4) is 0 Å². The molecular weight excluding hydrogens is 400 g/mol. The van der Waals surface area contributed by atoms with Crippen LogP contribution in [0, 0.1) is 10.1 Å². The van der Waals surface area contributed by atoms with Crippen LogP contribution in [0.2, 0.25) is 0 Å². The van der Waals surface area contributed by atoms with Crippen LogP contribution >= 0.6 is 0 Å². The fourth-order valence-corrected chi connectivity index (χ4v) is 4.93. The van der Waals surface area contributed by atoms with E-state index in [0.29, 0.717) is 0 Å². The molecule has 5 heteroatoms. The Morgan fingerprint density at radius 3 is 2.22 bits per heavy atom. The van der Waals surface area contributed by atoms with Gasteiger partial charge in [0.25, 0.3) is 11.6 Å². The van der Waals surface area contributed by atoms with Crippen LogP contribution in [0.25, 0.3) is 6.08 Å². The molecule has 0 saturated heterocycles. The van der Waals surface area contributed by atoms with Crippen molar-refractivity contribution in [2.45, 2.75) is 38.1 Å². The number of amides is 1. The summed E-state index contributed by atoms with van der Waals surface area (Å²) < 4.78 is 0. The van der Waals surface area contributed by atoms with Gasteiger partial charge >= 0.3 is 0 Å². The predicted octanol–water partition coefficient (Wildman–Crippen LogP) is 6.13. The number of nitrogens with zero attached hydrogens (tertiary/aromatic N) is 2. The third-order valence-corrected chi connectivity index (χ3v) is 6.28. The fraction of sp³-hybridized carbons (Fsp3) is 0.222. The van der Waals surface area contributed by atoms with E-state index in [-0.39, 0.29) is 17.0 Å². The minimum atomic E-state index is -0.435. The zero-order valence-electron chi connectivity index (χ0n) is 18.5. The number of anilines is 1. The third-order valence-electron chi connectivity index (χ3n) is 6.28. The number of para-hydroxylation sites is 1. The molecule has 162 valence electrons. The van der Waals surface area contributed by atoms with Crippen molar-refractivity contribution in [1.29, 1.82) is 0 Å². The minimum Gasteiger partial charge on any atom is -0.303 e. The number of fused-ring (bicyclic) bond motifs is 1. The Hall–Kier alpha value is -3.73. The van der Waals surface area contributed by atoms with Gasteiger partial charge in [-0.3, -0.25) is 14.9 Å². The highest BCUT2D eigenvalue weighted by atomic mass is 16.6. The number of rotatable bonds is 4. The van der Waals surface area contributed by atoms with Gasteiger partial charge in [0.2, 0.25) is 0 Å². The second kappa shape index (κ2) is 8.08. The number of non-ortho nitro benzene ring substituents is 1. The van der Waals surface area contributed by atoms with Crippen molar-refractivity contribution in [3.05, 3.63) is 112 Å². The molecule has 0 bridgehead atoms. The average molecular weight is 427 g/mol. The average Bonchev–Trinajstić information content (AvgIpc) is 2.78. The Balaban J connectivity index is 1.71. The molecule has 32 heavy (non-hydrogen) atoms. The molecule has 1 atom stereocenters. The Morgan fingerprint density at radius 1 is 0.938 bits per heavy atom. The molecule has 1 amide bonds. The normalized spacial score (nSPS) is 19.5. The number of hydrogen-bond acceptors (Lipinski definition) is 3. The molecule has 3 aromatic carbocycles. The van der Waals surface area contributed by atoms with Gasteiger partial charge in [-0.15, -0.1) is 0 Å². The molecule has 0 aromatic heterocycles. The van der Waals surface area contributed by atoms with Crippen molar-refractivity contribution in [3.8, 4) is 0 Å². The molecule has 5 nitrogen and oxygen atoms in total. The maximum absolute atomic E-state index is 13.4. The van der Waals surface area contributed by atoms with Crippen LogP contribution in [-0.2, 0) is 10.2 Å². The van der Waals surface area contributed by atoms with Crippen LogP contribution in [0.1, 0.15) is 43.9 Å². The topological polar surface area (TPSA) is 63.5 Å². The molecule has 0 N–H and O–H groups in total. The molecule has 1 aliphatic rings. The van der Waals surface area contributed by atoms with E-state index >= 15 is 0 Å². The molecule has 0 saturated carbocycles. The van der Waals surface area contributed by atoms with Gasteiger partial charge in [-0.25, -0.2) is 0 Å². The molecule has 1 unspecified atom stereocenters. The SMILES string of the molecule is CC1(c2ccccc2)CC(C)(C)N(C(=O)C=Cc2ccc([N+](=O)[O-])cc2)c2ccccc21. The summed E-state index contributed by atoms with van der Waals surface area (Å²) in [6.45, 7) is 6.45. The van der Waals surface area contributed by atoms with Crippen molar-refractivity contribution in [2.24, 2.45) is 0 Å². The van der Waals surface area contributed by atoms with E-state index in [4.69, 9.17) is 0 Å². The van der Waals surface area contributed by atoms with E-state index < -0.39 is 10.5 Å². The van der Waals surface area contributed by atoms with Gasteiger partial charge in [-0.05, 0) is 61.2 Å². The van der Waals surface area contributed by atoms with Crippen LogP contribution in [0.5, 0.6) is 0 Å². The Kier molecular flexibility index (Phi) is 5.43. The van der Waals surface area contributed by atoms with Crippen LogP contribution in [0.15, 0.2) is 84.9 Å². The first-order chi connectivity index (χ1) is 15.2. The number of benzene rings is 3. The van der Waals surface area contributed by atoms with E-state index in [2.05, 4.69) is 51.1 Å². The summed E-state index contributed by atoms with van der Waals surface area (Å²) in [6, 6.07) is 24.7. The molecule has 4 rings (SSSR count). The van der Waals surface area contributed by atoms with Crippen LogP contribution in [-0.4, -0.2) is 16.4 Å². The lowest BCUT2D eigenvalue weighted by Gasteiger charge is -2.51. The minimum absolute atomic E-state index is 0.0276. The predicted molar refractivity (Wildman–Crippen MR) is 128 cm³/mol. The third kappa shape index (κ3) is 3.82. The molecule has 1 heterocycles. The summed E-state index contributed by atoms with van der Waals surface area (Å²) in [5.74, 6) is -0.115. The standard InChI is InChI=1S/C27H26N2O3/c1-26(2)19-27(3,21-9-5-4-6-10-21)23-11-7-8-12-24(23)28(26)25(30)18-15-20-13-16-22(17-14-20)29(31)32/h4-18H,19H2,1-3H3. The first-order valence-electron chi connectivity index (χ1n) is 10.6.